The van der Waals surface area contributed by atoms with Gasteiger partial charge in [0, 0.05) is 12.7 Å². The monoisotopic (exact) mass is 411 g/mol. The Kier molecular flexibility index (Phi) is 6.43. The first-order chi connectivity index (χ1) is 14.2. The number of ether oxygens (including phenoxy) is 1. The van der Waals surface area contributed by atoms with E-state index < -0.39 is 24.4 Å². The van der Waals surface area contributed by atoms with Crippen molar-refractivity contribution in [3.8, 4) is 0 Å². The van der Waals surface area contributed by atoms with Gasteiger partial charge in [-0.1, -0.05) is 36.4 Å². The molecule has 0 unspecified atom stereocenters. The predicted molar refractivity (Wildman–Crippen MR) is 114 cm³/mol. The summed E-state index contributed by atoms with van der Waals surface area (Å²) in [5, 5.41) is 2.70. The summed E-state index contributed by atoms with van der Waals surface area (Å²) in [5.74, 6) is 0. The van der Waals surface area contributed by atoms with Crippen molar-refractivity contribution in [1.29, 1.82) is 0 Å². The summed E-state index contributed by atoms with van der Waals surface area (Å²) in [6.45, 7) is 7.97. The van der Waals surface area contributed by atoms with Crippen LogP contribution in [0.2, 0.25) is 0 Å². The lowest BCUT2D eigenvalue weighted by atomic mass is 9.77. The number of H-pyrrole nitrogens is 1. The van der Waals surface area contributed by atoms with Gasteiger partial charge < -0.3 is 24.3 Å². The number of carbonyl (C=O) groups is 1. The summed E-state index contributed by atoms with van der Waals surface area (Å²) in [7, 11) is -0.732. The molecule has 2 N–H and O–H groups in total. The first kappa shape index (κ1) is 21.8. The van der Waals surface area contributed by atoms with E-state index in [1.807, 2.05) is 58.0 Å². The summed E-state index contributed by atoms with van der Waals surface area (Å²) in [6, 6.07) is 9.39. The molecule has 8 nitrogen and oxygen atoms in total. The van der Waals surface area contributed by atoms with Crippen LogP contribution in [-0.4, -0.2) is 40.9 Å². The predicted octanol–water partition coefficient (Wildman–Crippen LogP) is 2.71. The Morgan fingerprint density at radius 3 is 2.50 bits per heavy atom. The van der Waals surface area contributed by atoms with Crippen molar-refractivity contribution in [1.82, 2.24) is 15.3 Å². The number of aromatic nitrogens is 2. The highest BCUT2D eigenvalue weighted by molar-refractivity contribution is 6.56. The highest BCUT2D eigenvalue weighted by Crippen LogP contribution is 2.38. The Hall–Kier alpha value is -2.91. The molecule has 158 valence electrons. The molecule has 0 aliphatic carbocycles. The van der Waals surface area contributed by atoms with Crippen molar-refractivity contribution in [2.75, 3.05) is 6.54 Å². The molecule has 1 aromatic carbocycles. The molecule has 0 radical (unpaired) electrons. The number of alkyl carbamates (subject to hydrolysis) is 1. The second-order valence-corrected chi connectivity index (χ2v) is 8.06. The van der Waals surface area contributed by atoms with Crippen LogP contribution in [0.5, 0.6) is 0 Å². The molecule has 9 heteroatoms. The Bertz CT molecular complexity index is 956. The number of benzene rings is 1. The quantitative estimate of drug-likeness (QED) is 0.709. The smallest absolute Gasteiger partial charge is 0.445 e. The minimum absolute atomic E-state index is 0.0821. The molecule has 3 rings (SSSR count). The molecular formula is C21H26BN3O5. The number of hydrogen-bond acceptors (Lipinski definition) is 6. The second-order valence-electron chi connectivity index (χ2n) is 8.06. The zero-order valence-corrected chi connectivity index (χ0v) is 17.6. The van der Waals surface area contributed by atoms with Crippen molar-refractivity contribution >= 4 is 19.3 Å². The molecule has 1 saturated heterocycles. The van der Waals surface area contributed by atoms with E-state index in [1.165, 1.54) is 12.5 Å². The maximum Gasteiger partial charge on any atom is 0.492 e. The van der Waals surface area contributed by atoms with Gasteiger partial charge >= 0.3 is 13.2 Å². The maximum atomic E-state index is 12.2. The van der Waals surface area contributed by atoms with Crippen LogP contribution in [0.25, 0.3) is 6.08 Å². The summed E-state index contributed by atoms with van der Waals surface area (Å²) in [4.78, 5) is 30.7. The molecule has 0 atom stereocenters. The number of rotatable bonds is 6. The number of carbonyl (C=O) groups excluding carboxylic acids is 1. The van der Waals surface area contributed by atoms with E-state index in [1.54, 1.807) is 6.08 Å². The third-order valence-electron chi connectivity index (χ3n) is 5.29. The van der Waals surface area contributed by atoms with Crippen LogP contribution >= 0.6 is 0 Å². The molecule has 0 spiro atoms. The third-order valence-corrected chi connectivity index (χ3v) is 5.29. The topological polar surface area (TPSA) is 103 Å². The molecule has 0 saturated carbocycles. The first-order valence-electron chi connectivity index (χ1n) is 9.71. The fraction of sp³-hybridized carbons (Fsp3) is 0.381. The Morgan fingerprint density at radius 1 is 1.20 bits per heavy atom. The van der Waals surface area contributed by atoms with Gasteiger partial charge in [0.25, 0.3) is 5.56 Å². The number of hydrogen-bond donors (Lipinski definition) is 2. The van der Waals surface area contributed by atoms with E-state index in [2.05, 4.69) is 15.3 Å². The lowest BCUT2D eigenvalue weighted by Crippen LogP contribution is -2.41. The number of aromatic amines is 1. The average molecular weight is 411 g/mol. The Morgan fingerprint density at radius 2 is 1.87 bits per heavy atom. The number of nitrogens with zero attached hydrogens (tertiary/aromatic N) is 1. The van der Waals surface area contributed by atoms with Crippen LogP contribution < -0.4 is 10.9 Å². The van der Waals surface area contributed by atoms with Crippen molar-refractivity contribution < 1.29 is 18.8 Å². The summed E-state index contributed by atoms with van der Waals surface area (Å²) < 4.78 is 17.4. The fourth-order valence-corrected chi connectivity index (χ4v) is 2.80. The fourth-order valence-electron chi connectivity index (χ4n) is 2.80. The van der Waals surface area contributed by atoms with Gasteiger partial charge in [0.1, 0.15) is 6.61 Å². The van der Waals surface area contributed by atoms with Crippen LogP contribution in [-0.2, 0) is 20.7 Å². The van der Waals surface area contributed by atoms with Crippen LogP contribution in [0, 0.1) is 0 Å². The van der Waals surface area contributed by atoms with E-state index in [0.29, 0.717) is 11.0 Å². The van der Waals surface area contributed by atoms with Crippen molar-refractivity contribution in [3.63, 3.8) is 0 Å². The van der Waals surface area contributed by atoms with Crippen LogP contribution in [0.1, 0.15) is 38.8 Å². The van der Waals surface area contributed by atoms with Crippen LogP contribution in [0.15, 0.2) is 53.1 Å². The minimum Gasteiger partial charge on any atom is -0.445 e. The standard InChI is InChI=1S/C21H26BN3O5/c1-20(2)21(3,4)30-22(29-20)17(10-16-11-23-14-25-18(16)26)12-24-19(27)28-13-15-8-6-5-7-9-15/h5-11,14H,12-13H2,1-4H3,(H,24,27)(H,23,25,26). The molecule has 0 bridgehead atoms. The normalized spacial score (nSPS) is 17.6. The molecule has 1 aliphatic rings. The van der Waals surface area contributed by atoms with E-state index >= 15 is 0 Å². The van der Waals surface area contributed by atoms with E-state index in [4.69, 9.17) is 14.0 Å². The van der Waals surface area contributed by atoms with E-state index in [-0.39, 0.29) is 18.7 Å². The zero-order valence-electron chi connectivity index (χ0n) is 17.6. The molecule has 2 heterocycles. The minimum atomic E-state index is -0.732. The first-order valence-corrected chi connectivity index (χ1v) is 9.71. The van der Waals surface area contributed by atoms with Gasteiger partial charge in [-0.05, 0) is 38.7 Å². The van der Waals surface area contributed by atoms with Crippen LogP contribution in [0.3, 0.4) is 0 Å². The van der Waals surface area contributed by atoms with E-state index in [0.717, 1.165) is 5.56 Å². The van der Waals surface area contributed by atoms with Gasteiger partial charge in [0.05, 0.1) is 23.1 Å². The molecule has 1 amide bonds. The molecule has 1 aliphatic heterocycles. The molecule has 2 aromatic rings. The lowest BCUT2D eigenvalue weighted by molar-refractivity contribution is 0.00578. The van der Waals surface area contributed by atoms with Crippen molar-refractivity contribution in [3.05, 3.63) is 69.8 Å². The lowest BCUT2D eigenvalue weighted by Gasteiger charge is -2.32. The largest absolute Gasteiger partial charge is 0.492 e. The third kappa shape index (κ3) is 5.17. The van der Waals surface area contributed by atoms with Crippen molar-refractivity contribution in [2.45, 2.75) is 45.5 Å². The van der Waals surface area contributed by atoms with E-state index in [9.17, 15) is 9.59 Å². The summed E-state index contributed by atoms with van der Waals surface area (Å²) >= 11 is 0. The van der Waals surface area contributed by atoms with Gasteiger partial charge in [-0.2, -0.15) is 0 Å². The molecule has 30 heavy (non-hydrogen) atoms. The van der Waals surface area contributed by atoms with Crippen molar-refractivity contribution in [2.24, 2.45) is 0 Å². The average Bonchev–Trinajstić information content (AvgIpc) is 2.92. The molecule has 1 fully saturated rings. The molecule has 1 aromatic heterocycles. The Balaban J connectivity index is 1.73. The van der Waals surface area contributed by atoms with Crippen LogP contribution in [0.4, 0.5) is 4.79 Å². The second kappa shape index (κ2) is 8.85. The maximum absolute atomic E-state index is 12.2. The van der Waals surface area contributed by atoms with Gasteiger partial charge in [0.15, 0.2) is 0 Å². The van der Waals surface area contributed by atoms with Gasteiger partial charge in [-0.15, -0.1) is 0 Å². The highest BCUT2D eigenvalue weighted by Gasteiger charge is 2.52. The number of amides is 1. The molecular weight excluding hydrogens is 385 g/mol. The van der Waals surface area contributed by atoms with Gasteiger partial charge in [0.2, 0.25) is 0 Å². The van der Waals surface area contributed by atoms with Gasteiger partial charge in [-0.3, -0.25) is 4.79 Å². The zero-order chi connectivity index (χ0) is 21.8. The summed E-state index contributed by atoms with van der Waals surface area (Å²) in [5.41, 5.74) is 0.366. The Labute approximate surface area is 175 Å². The van der Waals surface area contributed by atoms with Gasteiger partial charge in [-0.25, -0.2) is 9.78 Å². The summed E-state index contributed by atoms with van der Waals surface area (Å²) in [6.07, 6.45) is 3.79. The SMILES string of the molecule is CC1(C)OB(C(=Cc2cnc[nH]c2=O)CNC(=O)OCc2ccccc2)OC1(C)C. The highest BCUT2D eigenvalue weighted by atomic mass is 16.7. The number of nitrogens with one attached hydrogen (secondary N) is 2.